The van der Waals surface area contributed by atoms with Crippen LogP contribution in [-0.2, 0) is 16.0 Å². The number of carboxylic acid groups (broad SMARTS) is 1. The third-order valence-corrected chi connectivity index (χ3v) is 3.50. The van der Waals surface area contributed by atoms with Gasteiger partial charge in [-0.3, -0.25) is 9.59 Å². The first-order valence-electron chi connectivity index (χ1n) is 7.62. The number of hydrogen-bond donors (Lipinski definition) is 2. The predicted molar refractivity (Wildman–Crippen MR) is 83.2 cm³/mol. The number of benzene rings is 1. The van der Waals surface area contributed by atoms with Crippen molar-refractivity contribution in [3.05, 3.63) is 35.4 Å². The first kappa shape index (κ1) is 17.2. The molecular formula is C17H25NO3. The maximum absolute atomic E-state index is 11.8. The van der Waals surface area contributed by atoms with Gasteiger partial charge >= 0.3 is 5.97 Å². The van der Waals surface area contributed by atoms with Crippen LogP contribution in [0.2, 0.25) is 0 Å². The number of amides is 1. The van der Waals surface area contributed by atoms with Gasteiger partial charge in [0.2, 0.25) is 5.91 Å². The molecular weight excluding hydrogens is 266 g/mol. The Bertz CT molecular complexity index is 457. The number of hydrogen-bond acceptors (Lipinski definition) is 2. The van der Waals surface area contributed by atoms with Crippen LogP contribution in [0.5, 0.6) is 0 Å². The van der Waals surface area contributed by atoms with Crippen LogP contribution in [0.25, 0.3) is 0 Å². The molecule has 0 fully saturated rings. The lowest BCUT2D eigenvalue weighted by Crippen LogP contribution is -2.26. The Morgan fingerprint density at radius 3 is 2.43 bits per heavy atom. The summed E-state index contributed by atoms with van der Waals surface area (Å²) in [4.78, 5) is 22.1. The maximum Gasteiger partial charge on any atom is 0.303 e. The average molecular weight is 291 g/mol. The summed E-state index contributed by atoms with van der Waals surface area (Å²) >= 11 is 0. The summed E-state index contributed by atoms with van der Waals surface area (Å²) in [6.07, 6.45) is 5.40. The van der Waals surface area contributed by atoms with Gasteiger partial charge in [0.25, 0.3) is 0 Å². The van der Waals surface area contributed by atoms with Crippen LogP contribution in [0.4, 0.5) is 0 Å². The molecule has 1 amide bonds. The zero-order chi connectivity index (χ0) is 15.5. The highest BCUT2D eigenvalue weighted by Gasteiger charge is 2.04. The molecule has 0 unspecified atom stereocenters. The van der Waals surface area contributed by atoms with E-state index in [-0.39, 0.29) is 12.3 Å². The summed E-state index contributed by atoms with van der Waals surface area (Å²) in [7, 11) is 0. The summed E-state index contributed by atoms with van der Waals surface area (Å²) in [5, 5.41) is 11.4. The van der Waals surface area contributed by atoms with Crippen molar-refractivity contribution in [1.82, 2.24) is 5.32 Å². The Morgan fingerprint density at radius 2 is 1.71 bits per heavy atom. The van der Waals surface area contributed by atoms with Gasteiger partial charge in [0.05, 0.1) is 6.42 Å². The molecule has 1 rings (SSSR count). The first-order valence-corrected chi connectivity index (χ1v) is 7.62. The second-order valence-corrected chi connectivity index (χ2v) is 5.36. The van der Waals surface area contributed by atoms with Gasteiger partial charge in [-0.15, -0.1) is 0 Å². The number of nitrogens with one attached hydrogen (secondary N) is 1. The van der Waals surface area contributed by atoms with Crippen LogP contribution in [0.15, 0.2) is 24.3 Å². The molecule has 4 nitrogen and oxygen atoms in total. The molecule has 0 bridgehead atoms. The molecule has 0 spiro atoms. The van der Waals surface area contributed by atoms with Gasteiger partial charge in [-0.2, -0.15) is 0 Å². The number of carboxylic acids is 1. The molecule has 1 aromatic carbocycles. The minimum Gasteiger partial charge on any atom is -0.481 e. The summed E-state index contributed by atoms with van der Waals surface area (Å²) in [6, 6.07) is 7.92. The Hall–Kier alpha value is -1.84. The topological polar surface area (TPSA) is 66.4 Å². The Kier molecular flexibility index (Phi) is 8.17. The van der Waals surface area contributed by atoms with E-state index in [0.29, 0.717) is 13.0 Å². The predicted octanol–water partition coefficient (Wildman–Crippen LogP) is 3.08. The quantitative estimate of drug-likeness (QED) is 0.651. The second kappa shape index (κ2) is 9.97. The van der Waals surface area contributed by atoms with Gasteiger partial charge in [-0.25, -0.2) is 0 Å². The highest BCUT2D eigenvalue weighted by Crippen LogP contribution is 2.08. The monoisotopic (exact) mass is 291 g/mol. The highest BCUT2D eigenvalue weighted by molar-refractivity contribution is 5.78. The summed E-state index contributed by atoms with van der Waals surface area (Å²) in [5.41, 5.74) is 2.22. The van der Waals surface area contributed by atoms with Gasteiger partial charge in [0.15, 0.2) is 0 Å². The molecule has 0 radical (unpaired) electrons. The van der Waals surface area contributed by atoms with Crippen LogP contribution in [0, 0.1) is 6.92 Å². The largest absolute Gasteiger partial charge is 0.481 e. The first-order chi connectivity index (χ1) is 10.1. The van der Waals surface area contributed by atoms with E-state index in [0.717, 1.165) is 43.2 Å². The van der Waals surface area contributed by atoms with Gasteiger partial charge in [0.1, 0.15) is 0 Å². The van der Waals surface area contributed by atoms with Crippen molar-refractivity contribution < 1.29 is 14.7 Å². The third kappa shape index (κ3) is 8.12. The fraction of sp³-hybridized carbons (Fsp3) is 0.529. The summed E-state index contributed by atoms with van der Waals surface area (Å²) < 4.78 is 0. The Morgan fingerprint density at radius 1 is 1.05 bits per heavy atom. The average Bonchev–Trinajstić information content (AvgIpc) is 2.44. The van der Waals surface area contributed by atoms with Gasteiger partial charge in [-0.05, 0) is 30.9 Å². The van der Waals surface area contributed by atoms with Crippen LogP contribution in [-0.4, -0.2) is 23.5 Å². The van der Waals surface area contributed by atoms with Crippen molar-refractivity contribution in [2.75, 3.05) is 6.54 Å². The molecule has 0 aliphatic heterocycles. The molecule has 116 valence electrons. The standard InChI is InChI=1S/C17H25NO3/c1-14-9-6-7-10-15(14)13-16(19)18-12-8-4-2-3-5-11-17(20)21/h6-7,9-10H,2-5,8,11-13H2,1H3,(H,18,19)(H,20,21). The van der Waals surface area contributed by atoms with E-state index < -0.39 is 5.97 Å². The number of carbonyl (C=O) groups excluding carboxylic acids is 1. The minimum absolute atomic E-state index is 0.0650. The van der Waals surface area contributed by atoms with Gasteiger partial charge < -0.3 is 10.4 Å². The molecule has 0 aliphatic rings. The van der Waals surface area contributed by atoms with Crippen molar-refractivity contribution in [1.29, 1.82) is 0 Å². The van der Waals surface area contributed by atoms with E-state index in [9.17, 15) is 9.59 Å². The molecule has 4 heteroatoms. The SMILES string of the molecule is Cc1ccccc1CC(=O)NCCCCCCCC(=O)O. The molecule has 0 saturated heterocycles. The number of carbonyl (C=O) groups is 2. The van der Waals surface area contributed by atoms with Crippen molar-refractivity contribution in [2.45, 2.75) is 51.9 Å². The van der Waals surface area contributed by atoms with Crippen LogP contribution >= 0.6 is 0 Å². The fourth-order valence-corrected chi connectivity index (χ4v) is 2.20. The van der Waals surface area contributed by atoms with E-state index in [1.165, 1.54) is 0 Å². The molecule has 0 aromatic heterocycles. The minimum atomic E-state index is -0.724. The van der Waals surface area contributed by atoms with Crippen molar-refractivity contribution in [3.63, 3.8) is 0 Å². The number of aliphatic carboxylic acids is 1. The lowest BCUT2D eigenvalue weighted by molar-refractivity contribution is -0.137. The molecule has 1 aromatic rings. The van der Waals surface area contributed by atoms with Crippen LogP contribution in [0.1, 0.15) is 49.7 Å². The van der Waals surface area contributed by atoms with E-state index in [1.807, 2.05) is 31.2 Å². The normalized spacial score (nSPS) is 10.3. The molecule has 0 heterocycles. The van der Waals surface area contributed by atoms with E-state index in [4.69, 9.17) is 5.11 Å². The lowest BCUT2D eigenvalue weighted by Gasteiger charge is -2.07. The number of unbranched alkanes of at least 4 members (excludes halogenated alkanes) is 4. The molecule has 2 N–H and O–H groups in total. The number of rotatable bonds is 10. The van der Waals surface area contributed by atoms with Crippen LogP contribution in [0.3, 0.4) is 0 Å². The Balaban J connectivity index is 2.04. The van der Waals surface area contributed by atoms with Gasteiger partial charge in [0, 0.05) is 13.0 Å². The van der Waals surface area contributed by atoms with Crippen molar-refractivity contribution >= 4 is 11.9 Å². The second-order valence-electron chi connectivity index (χ2n) is 5.36. The summed E-state index contributed by atoms with van der Waals surface area (Å²) in [6.45, 7) is 2.71. The summed E-state index contributed by atoms with van der Waals surface area (Å²) in [5.74, 6) is -0.659. The van der Waals surface area contributed by atoms with E-state index >= 15 is 0 Å². The van der Waals surface area contributed by atoms with Crippen molar-refractivity contribution in [3.8, 4) is 0 Å². The van der Waals surface area contributed by atoms with E-state index in [1.54, 1.807) is 0 Å². The molecule has 0 aliphatic carbocycles. The van der Waals surface area contributed by atoms with E-state index in [2.05, 4.69) is 5.32 Å². The highest BCUT2D eigenvalue weighted by atomic mass is 16.4. The number of aryl methyl sites for hydroxylation is 1. The lowest BCUT2D eigenvalue weighted by atomic mass is 10.1. The molecule has 21 heavy (non-hydrogen) atoms. The Labute approximate surface area is 126 Å². The van der Waals surface area contributed by atoms with Gasteiger partial charge in [-0.1, -0.05) is 43.5 Å². The fourth-order valence-electron chi connectivity index (χ4n) is 2.20. The van der Waals surface area contributed by atoms with Crippen molar-refractivity contribution in [2.24, 2.45) is 0 Å². The molecule has 0 saturated carbocycles. The zero-order valence-corrected chi connectivity index (χ0v) is 12.7. The smallest absolute Gasteiger partial charge is 0.303 e. The third-order valence-electron chi connectivity index (χ3n) is 3.50. The zero-order valence-electron chi connectivity index (χ0n) is 12.7. The van der Waals surface area contributed by atoms with Crippen LogP contribution < -0.4 is 5.32 Å². The molecule has 0 atom stereocenters. The maximum atomic E-state index is 11.8.